The molecule has 1 aromatic carbocycles. The van der Waals surface area contributed by atoms with Crippen molar-refractivity contribution in [3.63, 3.8) is 0 Å². The van der Waals surface area contributed by atoms with Gasteiger partial charge in [0.05, 0.1) is 24.0 Å². The molecule has 2 heterocycles. The fourth-order valence-electron chi connectivity index (χ4n) is 2.29. The van der Waals surface area contributed by atoms with E-state index in [2.05, 4.69) is 15.1 Å². The minimum Gasteiger partial charge on any atom is -0.490 e. The van der Waals surface area contributed by atoms with Crippen LogP contribution < -0.4 is 4.74 Å². The van der Waals surface area contributed by atoms with Gasteiger partial charge in [0.2, 0.25) is 0 Å². The normalized spacial score (nSPS) is 11.5. The molecule has 3 rings (SSSR count). The minimum absolute atomic E-state index is 0.422. The van der Waals surface area contributed by atoms with Crippen LogP contribution in [0.15, 0.2) is 41.7 Å². The molecule has 0 amide bonds. The Morgan fingerprint density at radius 3 is 2.95 bits per heavy atom. The highest BCUT2D eigenvalue weighted by Crippen LogP contribution is 2.29. The summed E-state index contributed by atoms with van der Waals surface area (Å²) >= 11 is 0. The van der Waals surface area contributed by atoms with E-state index in [0.717, 1.165) is 16.3 Å². The van der Waals surface area contributed by atoms with Crippen LogP contribution in [0.1, 0.15) is 5.69 Å². The molecule has 0 radical (unpaired) electrons. The summed E-state index contributed by atoms with van der Waals surface area (Å²) in [5.41, 5.74) is 1.99. The Labute approximate surface area is 127 Å². The number of pyridine rings is 2. The lowest BCUT2D eigenvalue weighted by Crippen LogP contribution is -2.05. The van der Waals surface area contributed by atoms with Gasteiger partial charge >= 0.3 is 0 Å². The third-order valence-electron chi connectivity index (χ3n) is 3.27. The molecule has 22 heavy (non-hydrogen) atoms. The Bertz CT molecular complexity index is 833. The van der Waals surface area contributed by atoms with Crippen LogP contribution >= 0.6 is 0 Å². The van der Waals surface area contributed by atoms with Crippen molar-refractivity contribution in [2.75, 3.05) is 20.3 Å². The van der Waals surface area contributed by atoms with Gasteiger partial charge in [0, 0.05) is 30.1 Å². The number of rotatable bonds is 5. The highest BCUT2D eigenvalue weighted by atomic mass is 16.5. The van der Waals surface area contributed by atoms with Crippen molar-refractivity contribution in [1.29, 1.82) is 0 Å². The van der Waals surface area contributed by atoms with Gasteiger partial charge in [0.1, 0.15) is 17.9 Å². The van der Waals surface area contributed by atoms with Gasteiger partial charge in [-0.1, -0.05) is 17.3 Å². The molecule has 6 nitrogen and oxygen atoms in total. The summed E-state index contributed by atoms with van der Waals surface area (Å²) in [5.74, 6) is 0.657. The fourth-order valence-corrected chi connectivity index (χ4v) is 2.29. The van der Waals surface area contributed by atoms with Crippen molar-refractivity contribution >= 4 is 28.0 Å². The van der Waals surface area contributed by atoms with Crippen molar-refractivity contribution in [3.8, 4) is 5.75 Å². The molecule has 0 saturated heterocycles. The molecular formula is C16H15N3O3. The number of methoxy groups -OCH3 is 1. The number of benzene rings is 1. The fraction of sp³-hybridized carbons (Fsp3) is 0.188. The molecule has 3 aromatic rings. The molecular weight excluding hydrogens is 282 g/mol. The Morgan fingerprint density at radius 1 is 1.23 bits per heavy atom. The molecule has 0 aliphatic rings. The van der Waals surface area contributed by atoms with Crippen LogP contribution in [0, 0.1) is 0 Å². The van der Waals surface area contributed by atoms with Crippen molar-refractivity contribution in [2.24, 2.45) is 5.16 Å². The monoisotopic (exact) mass is 297 g/mol. The lowest BCUT2D eigenvalue weighted by atomic mass is 10.1. The van der Waals surface area contributed by atoms with Crippen LogP contribution in [0.4, 0.5) is 0 Å². The van der Waals surface area contributed by atoms with E-state index in [1.165, 1.54) is 6.21 Å². The van der Waals surface area contributed by atoms with E-state index >= 15 is 0 Å². The minimum atomic E-state index is 0.422. The van der Waals surface area contributed by atoms with Crippen LogP contribution in [-0.4, -0.2) is 41.7 Å². The molecule has 1 N–H and O–H groups in total. The zero-order valence-electron chi connectivity index (χ0n) is 12.1. The van der Waals surface area contributed by atoms with Gasteiger partial charge in [-0.05, 0) is 12.1 Å². The highest BCUT2D eigenvalue weighted by molar-refractivity contribution is 6.05. The van der Waals surface area contributed by atoms with Gasteiger partial charge in [-0.3, -0.25) is 4.98 Å². The van der Waals surface area contributed by atoms with Crippen LogP contribution in [0.2, 0.25) is 0 Å². The van der Waals surface area contributed by atoms with E-state index in [9.17, 15) is 0 Å². The van der Waals surface area contributed by atoms with Gasteiger partial charge < -0.3 is 14.7 Å². The Morgan fingerprint density at radius 2 is 2.14 bits per heavy atom. The summed E-state index contributed by atoms with van der Waals surface area (Å²) in [6, 6.07) is 9.51. The second-order valence-corrected chi connectivity index (χ2v) is 4.67. The summed E-state index contributed by atoms with van der Waals surface area (Å²) in [6.07, 6.45) is 2.99. The Balaban J connectivity index is 2.21. The zero-order chi connectivity index (χ0) is 15.4. The third-order valence-corrected chi connectivity index (χ3v) is 3.27. The first-order valence-corrected chi connectivity index (χ1v) is 6.81. The predicted octanol–water partition coefficient (Wildman–Crippen LogP) is 2.62. The molecule has 6 heteroatoms. The number of fused-ring (bicyclic) bond motifs is 3. The maximum absolute atomic E-state index is 8.76. The predicted molar refractivity (Wildman–Crippen MR) is 83.8 cm³/mol. The molecule has 112 valence electrons. The summed E-state index contributed by atoms with van der Waals surface area (Å²) < 4.78 is 10.8. The van der Waals surface area contributed by atoms with E-state index in [-0.39, 0.29) is 0 Å². The van der Waals surface area contributed by atoms with Crippen LogP contribution in [0.5, 0.6) is 5.75 Å². The molecule has 0 aliphatic carbocycles. The van der Waals surface area contributed by atoms with Gasteiger partial charge in [0.25, 0.3) is 0 Å². The summed E-state index contributed by atoms with van der Waals surface area (Å²) in [4.78, 5) is 8.90. The summed E-state index contributed by atoms with van der Waals surface area (Å²) in [5, 5.41) is 13.7. The quantitative estimate of drug-likeness (QED) is 0.257. The molecule has 0 saturated carbocycles. The standard InChI is InChI=1S/C16H15N3O3/c1-21-7-8-22-14-9-12(10-18-20)19-16-13(14)5-4-11-3-2-6-17-15(11)16/h2-6,9-10,20H,7-8H2,1H3. The first-order chi connectivity index (χ1) is 10.8. The van der Waals surface area contributed by atoms with E-state index in [4.69, 9.17) is 14.7 Å². The summed E-state index contributed by atoms with van der Waals surface area (Å²) in [6.45, 7) is 0.907. The first-order valence-electron chi connectivity index (χ1n) is 6.81. The molecule has 0 atom stereocenters. The average molecular weight is 297 g/mol. The average Bonchev–Trinajstić information content (AvgIpc) is 2.55. The van der Waals surface area contributed by atoms with E-state index in [0.29, 0.717) is 30.2 Å². The maximum Gasteiger partial charge on any atom is 0.131 e. The smallest absolute Gasteiger partial charge is 0.131 e. The number of ether oxygens (including phenoxy) is 2. The third kappa shape index (κ3) is 2.68. The van der Waals surface area contributed by atoms with Crippen LogP contribution in [0.25, 0.3) is 21.8 Å². The van der Waals surface area contributed by atoms with Crippen molar-refractivity contribution < 1.29 is 14.7 Å². The number of hydrogen-bond acceptors (Lipinski definition) is 6. The maximum atomic E-state index is 8.76. The van der Waals surface area contributed by atoms with Crippen LogP contribution in [-0.2, 0) is 4.74 Å². The summed E-state index contributed by atoms with van der Waals surface area (Å²) in [7, 11) is 1.62. The highest BCUT2D eigenvalue weighted by Gasteiger charge is 2.10. The molecule has 0 unspecified atom stereocenters. The van der Waals surface area contributed by atoms with Crippen molar-refractivity contribution in [2.45, 2.75) is 0 Å². The largest absolute Gasteiger partial charge is 0.490 e. The molecule has 0 aliphatic heterocycles. The lowest BCUT2D eigenvalue weighted by molar-refractivity contribution is 0.147. The second kappa shape index (κ2) is 6.36. The van der Waals surface area contributed by atoms with Crippen molar-refractivity contribution in [3.05, 3.63) is 42.2 Å². The van der Waals surface area contributed by atoms with Gasteiger partial charge in [-0.2, -0.15) is 0 Å². The number of oxime groups is 1. The molecule has 0 fully saturated rings. The second-order valence-electron chi connectivity index (χ2n) is 4.67. The molecule has 0 spiro atoms. The number of nitrogens with zero attached hydrogens (tertiary/aromatic N) is 3. The Kier molecular flexibility index (Phi) is 4.11. The van der Waals surface area contributed by atoms with Gasteiger partial charge in [-0.25, -0.2) is 4.98 Å². The topological polar surface area (TPSA) is 76.8 Å². The van der Waals surface area contributed by atoms with Crippen LogP contribution in [0.3, 0.4) is 0 Å². The van der Waals surface area contributed by atoms with Gasteiger partial charge in [-0.15, -0.1) is 0 Å². The Hall–Kier alpha value is -2.73. The SMILES string of the molecule is COCCOc1cc(C=NO)nc2c1ccc1cccnc12. The number of hydrogen-bond donors (Lipinski definition) is 1. The lowest BCUT2D eigenvalue weighted by Gasteiger charge is -2.11. The molecule has 0 bridgehead atoms. The van der Waals surface area contributed by atoms with E-state index in [1.54, 1.807) is 19.4 Å². The van der Waals surface area contributed by atoms with E-state index < -0.39 is 0 Å². The van der Waals surface area contributed by atoms with Crippen molar-refractivity contribution in [1.82, 2.24) is 9.97 Å². The molecule has 2 aromatic heterocycles. The zero-order valence-corrected chi connectivity index (χ0v) is 12.1. The first kappa shape index (κ1) is 14.2. The van der Waals surface area contributed by atoms with Gasteiger partial charge in [0.15, 0.2) is 0 Å². The number of aromatic nitrogens is 2. The van der Waals surface area contributed by atoms with E-state index in [1.807, 2.05) is 24.3 Å².